The van der Waals surface area contributed by atoms with Gasteiger partial charge in [-0.25, -0.2) is 5.01 Å². The van der Waals surface area contributed by atoms with Crippen molar-refractivity contribution >= 4 is 56.5 Å². The molecule has 0 saturated carbocycles. The van der Waals surface area contributed by atoms with Crippen molar-refractivity contribution in [1.29, 1.82) is 0 Å². The van der Waals surface area contributed by atoms with Crippen molar-refractivity contribution in [3.8, 4) is 0 Å². The van der Waals surface area contributed by atoms with E-state index in [0.717, 1.165) is 4.47 Å². The van der Waals surface area contributed by atoms with E-state index >= 15 is 0 Å². The third-order valence-electron chi connectivity index (χ3n) is 2.53. The van der Waals surface area contributed by atoms with Gasteiger partial charge in [0.25, 0.3) is 5.91 Å². The van der Waals surface area contributed by atoms with E-state index in [-0.39, 0.29) is 11.0 Å². The van der Waals surface area contributed by atoms with Crippen molar-refractivity contribution in [1.82, 2.24) is 10.4 Å². The summed E-state index contributed by atoms with van der Waals surface area (Å²) in [6.07, 6.45) is 3.04. The minimum atomic E-state index is -0.371. The fourth-order valence-electron chi connectivity index (χ4n) is 1.57. The molecule has 2 rings (SSSR count). The molecular formula is C13H10BrClN4OS. The third kappa shape index (κ3) is 3.90. The van der Waals surface area contributed by atoms with Gasteiger partial charge in [0, 0.05) is 22.4 Å². The number of nitrogens with one attached hydrogen (secondary N) is 1. The summed E-state index contributed by atoms with van der Waals surface area (Å²) < 4.78 is 0.805. The summed E-state index contributed by atoms with van der Waals surface area (Å²) in [6, 6.07) is 8.30. The van der Waals surface area contributed by atoms with Gasteiger partial charge in [0.15, 0.2) is 5.11 Å². The van der Waals surface area contributed by atoms with Crippen LogP contribution in [0.3, 0.4) is 0 Å². The molecule has 5 nitrogen and oxygen atoms in total. The standard InChI is InChI=1S/C13H10BrClN4OS/c14-9-1-2-11(10(15)7-9)19(13(16)21)18-12(20)8-3-5-17-6-4-8/h1-7H,(H2,16,21)(H,18,20). The Balaban J connectivity index is 2.28. The molecule has 0 saturated heterocycles. The van der Waals surface area contributed by atoms with Crippen molar-refractivity contribution in [2.75, 3.05) is 5.01 Å². The summed E-state index contributed by atoms with van der Waals surface area (Å²) in [4.78, 5) is 16.0. The van der Waals surface area contributed by atoms with E-state index in [9.17, 15) is 4.79 Å². The highest BCUT2D eigenvalue weighted by Crippen LogP contribution is 2.28. The Morgan fingerprint density at radius 2 is 2.00 bits per heavy atom. The number of benzene rings is 1. The summed E-state index contributed by atoms with van der Waals surface area (Å²) >= 11 is 14.4. The number of aromatic nitrogens is 1. The number of nitrogens with two attached hydrogens (primary N) is 1. The maximum absolute atomic E-state index is 12.2. The molecule has 1 aromatic heterocycles. The molecule has 1 heterocycles. The molecule has 2 aromatic rings. The van der Waals surface area contributed by atoms with Gasteiger partial charge in [-0.3, -0.25) is 15.2 Å². The second kappa shape index (κ2) is 6.84. The highest BCUT2D eigenvalue weighted by atomic mass is 79.9. The van der Waals surface area contributed by atoms with Gasteiger partial charge in [-0.15, -0.1) is 0 Å². The molecule has 0 bridgehead atoms. The Kier molecular flexibility index (Phi) is 5.11. The van der Waals surface area contributed by atoms with Gasteiger partial charge in [-0.1, -0.05) is 27.5 Å². The monoisotopic (exact) mass is 384 g/mol. The SMILES string of the molecule is NC(=S)N(NC(=O)c1ccncc1)c1ccc(Br)cc1Cl. The maximum Gasteiger partial charge on any atom is 0.270 e. The zero-order valence-electron chi connectivity index (χ0n) is 10.6. The van der Waals surface area contributed by atoms with E-state index in [1.807, 2.05) is 0 Å². The molecule has 21 heavy (non-hydrogen) atoms. The molecule has 0 aliphatic carbocycles. The number of hydrogen-bond donors (Lipinski definition) is 2. The molecule has 0 radical (unpaired) electrons. The molecule has 0 spiro atoms. The highest BCUT2D eigenvalue weighted by Gasteiger charge is 2.17. The molecule has 1 amide bonds. The molecule has 0 atom stereocenters. The Hall–Kier alpha value is -1.70. The Labute approximate surface area is 140 Å². The van der Waals surface area contributed by atoms with Crippen molar-refractivity contribution < 1.29 is 4.79 Å². The minimum absolute atomic E-state index is 0.0263. The van der Waals surface area contributed by atoms with E-state index in [1.54, 1.807) is 30.3 Å². The van der Waals surface area contributed by atoms with Gasteiger partial charge < -0.3 is 5.73 Å². The van der Waals surface area contributed by atoms with E-state index in [4.69, 9.17) is 29.6 Å². The van der Waals surface area contributed by atoms with Crippen LogP contribution in [-0.2, 0) is 0 Å². The fraction of sp³-hybridized carbons (Fsp3) is 0. The first-order valence-corrected chi connectivity index (χ1v) is 7.32. The number of amides is 1. The molecule has 108 valence electrons. The normalized spacial score (nSPS) is 10.0. The molecule has 0 aliphatic heterocycles. The van der Waals surface area contributed by atoms with Gasteiger partial charge in [0.05, 0.1) is 10.7 Å². The van der Waals surface area contributed by atoms with E-state index in [0.29, 0.717) is 16.3 Å². The van der Waals surface area contributed by atoms with E-state index < -0.39 is 0 Å². The summed E-state index contributed by atoms with van der Waals surface area (Å²) in [6.45, 7) is 0. The van der Waals surface area contributed by atoms with Gasteiger partial charge in [0.1, 0.15) is 0 Å². The maximum atomic E-state index is 12.2. The number of rotatable bonds is 2. The lowest BCUT2D eigenvalue weighted by atomic mass is 10.2. The van der Waals surface area contributed by atoms with Crippen LogP contribution in [0.4, 0.5) is 5.69 Å². The molecule has 0 aliphatic rings. The van der Waals surface area contributed by atoms with Crippen LogP contribution in [0, 0.1) is 0 Å². The molecule has 0 unspecified atom stereocenters. The van der Waals surface area contributed by atoms with E-state index in [2.05, 4.69) is 26.3 Å². The van der Waals surface area contributed by atoms with Crippen molar-refractivity contribution in [2.45, 2.75) is 0 Å². The molecule has 0 fully saturated rings. The smallest absolute Gasteiger partial charge is 0.270 e. The van der Waals surface area contributed by atoms with Crippen LogP contribution in [0.15, 0.2) is 47.2 Å². The van der Waals surface area contributed by atoms with Crippen molar-refractivity contribution in [2.24, 2.45) is 5.73 Å². The van der Waals surface area contributed by atoms with Gasteiger partial charge in [0.2, 0.25) is 0 Å². The van der Waals surface area contributed by atoms with Crippen molar-refractivity contribution in [3.05, 3.63) is 57.8 Å². The van der Waals surface area contributed by atoms with Crippen LogP contribution in [-0.4, -0.2) is 16.0 Å². The average molecular weight is 386 g/mol. The largest absolute Gasteiger partial charge is 0.374 e. The molecule has 1 aromatic carbocycles. The summed E-state index contributed by atoms with van der Waals surface area (Å²) in [5, 5.41) is 1.63. The average Bonchev–Trinajstić information content (AvgIpc) is 2.46. The number of anilines is 1. The van der Waals surface area contributed by atoms with E-state index in [1.165, 1.54) is 17.4 Å². The predicted octanol–water partition coefficient (Wildman–Crippen LogP) is 2.89. The second-order valence-electron chi connectivity index (χ2n) is 3.95. The first kappa shape index (κ1) is 15.7. The zero-order chi connectivity index (χ0) is 15.4. The lowest BCUT2D eigenvalue weighted by molar-refractivity contribution is 0.0955. The van der Waals surface area contributed by atoms with Crippen LogP contribution >= 0.6 is 39.7 Å². The molecule has 3 N–H and O–H groups in total. The van der Waals surface area contributed by atoms with Crippen LogP contribution in [0.2, 0.25) is 5.02 Å². The van der Waals surface area contributed by atoms with Gasteiger partial charge in [-0.2, -0.15) is 0 Å². The van der Waals surface area contributed by atoms with Gasteiger partial charge >= 0.3 is 0 Å². The fourth-order valence-corrected chi connectivity index (χ4v) is 2.47. The Morgan fingerprint density at radius 1 is 1.33 bits per heavy atom. The first-order chi connectivity index (χ1) is 9.99. The number of nitrogens with zero attached hydrogens (tertiary/aromatic N) is 2. The Morgan fingerprint density at radius 3 is 2.57 bits per heavy atom. The summed E-state index contributed by atoms with van der Waals surface area (Å²) in [5.41, 5.74) is 9.18. The number of carbonyl (C=O) groups excluding carboxylic acids is 1. The van der Waals surface area contributed by atoms with Crippen LogP contribution in [0.5, 0.6) is 0 Å². The van der Waals surface area contributed by atoms with Crippen molar-refractivity contribution in [3.63, 3.8) is 0 Å². The number of thiocarbonyl (C=S) groups is 1. The van der Waals surface area contributed by atoms with Crippen LogP contribution < -0.4 is 16.2 Å². The zero-order valence-corrected chi connectivity index (χ0v) is 13.7. The number of hydrogen-bond acceptors (Lipinski definition) is 3. The number of halogens is 2. The van der Waals surface area contributed by atoms with Crippen LogP contribution in [0.1, 0.15) is 10.4 Å². The minimum Gasteiger partial charge on any atom is -0.374 e. The lowest BCUT2D eigenvalue weighted by Crippen LogP contribution is -2.49. The summed E-state index contributed by atoms with van der Waals surface area (Å²) in [7, 11) is 0. The topological polar surface area (TPSA) is 71.2 Å². The summed E-state index contributed by atoms with van der Waals surface area (Å²) in [5.74, 6) is -0.371. The molecule has 8 heteroatoms. The number of pyridine rings is 1. The quantitative estimate of drug-likeness (QED) is 0.614. The molecular weight excluding hydrogens is 376 g/mol. The second-order valence-corrected chi connectivity index (χ2v) is 5.69. The van der Waals surface area contributed by atoms with Gasteiger partial charge in [-0.05, 0) is 42.5 Å². The predicted molar refractivity (Wildman–Crippen MR) is 90.1 cm³/mol. The lowest BCUT2D eigenvalue weighted by Gasteiger charge is -2.24. The Bertz CT molecular complexity index is 683. The highest BCUT2D eigenvalue weighted by molar-refractivity contribution is 9.10. The first-order valence-electron chi connectivity index (χ1n) is 5.74. The number of carbonyl (C=O) groups is 1. The third-order valence-corrected chi connectivity index (χ3v) is 3.51. The van der Waals surface area contributed by atoms with Crippen LogP contribution in [0.25, 0.3) is 0 Å². The number of hydrazine groups is 1.